The molecule has 9 nitrogen and oxygen atoms in total. The van der Waals surface area contributed by atoms with Gasteiger partial charge in [-0.2, -0.15) is 0 Å². The quantitative estimate of drug-likeness (QED) is 0.256. The lowest BCUT2D eigenvalue weighted by Gasteiger charge is -2.05. The second-order valence-corrected chi connectivity index (χ2v) is 6.13. The highest BCUT2D eigenvalue weighted by atomic mass is 35.5. The van der Waals surface area contributed by atoms with Crippen molar-refractivity contribution in [3.05, 3.63) is 62.7 Å². The summed E-state index contributed by atoms with van der Waals surface area (Å²) in [4.78, 5) is 25.8. The summed E-state index contributed by atoms with van der Waals surface area (Å²) >= 11 is 6.18. The first kappa shape index (κ1) is 21.4. The Hall–Kier alpha value is -2.91. The van der Waals surface area contributed by atoms with E-state index in [1.807, 2.05) is 0 Å². The summed E-state index contributed by atoms with van der Waals surface area (Å²) < 4.78 is 11.9. The third-order valence-electron chi connectivity index (χ3n) is 4.02. The molecule has 28 heavy (non-hydrogen) atoms. The number of nitrogens with zero attached hydrogens (tertiary/aromatic N) is 3. The van der Waals surface area contributed by atoms with Gasteiger partial charge in [0.15, 0.2) is 6.54 Å². The van der Waals surface area contributed by atoms with Gasteiger partial charge in [0.25, 0.3) is 0 Å². The van der Waals surface area contributed by atoms with Gasteiger partial charge >= 0.3 is 17.6 Å². The maximum absolute atomic E-state index is 12.5. The van der Waals surface area contributed by atoms with Crippen LogP contribution in [0.25, 0.3) is 11.3 Å². The zero-order chi connectivity index (χ0) is 19.6. The Morgan fingerprint density at radius 1 is 1.39 bits per heavy atom. The van der Waals surface area contributed by atoms with Crippen LogP contribution in [0.15, 0.2) is 35.0 Å². The predicted molar refractivity (Wildman–Crippen MR) is 94.3 cm³/mol. The fourth-order valence-electron chi connectivity index (χ4n) is 2.68. The van der Waals surface area contributed by atoms with Crippen LogP contribution in [0, 0.1) is 24.0 Å². The van der Waals surface area contributed by atoms with Crippen molar-refractivity contribution in [3.8, 4) is 11.3 Å². The number of nitro groups is 1. The molecule has 148 valence electrons. The Bertz CT molecular complexity index is 1010. The number of ether oxygens (including phenoxy) is 1. The average Bonchev–Trinajstić information content (AvgIpc) is 3.18. The van der Waals surface area contributed by atoms with E-state index < -0.39 is 10.9 Å². The Kier molecular flexibility index (Phi) is 6.76. The molecule has 1 N–H and O–H groups in total. The second-order valence-electron chi connectivity index (χ2n) is 5.72. The minimum absolute atomic E-state index is 0. The topological polar surface area (TPSA) is 115 Å². The Morgan fingerprint density at radius 2 is 2.11 bits per heavy atom. The van der Waals surface area contributed by atoms with Gasteiger partial charge in [-0.05, 0) is 13.0 Å². The molecule has 0 radical (unpaired) electrons. The third kappa shape index (κ3) is 4.15. The highest BCUT2D eigenvalue weighted by Crippen LogP contribution is 2.31. The van der Waals surface area contributed by atoms with Crippen LogP contribution < -0.4 is 17.0 Å². The summed E-state index contributed by atoms with van der Waals surface area (Å²) in [6.07, 6.45) is 1.29. The van der Waals surface area contributed by atoms with E-state index in [1.165, 1.54) is 10.8 Å². The van der Waals surface area contributed by atoms with Crippen molar-refractivity contribution >= 4 is 23.4 Å². The van der Waals surface area contributed by atoms with Gasteiger partial charge in [-0.3, -0.25) is 0 Å². The van der Waals surface area contributed by atoms with Crippen LogP contribution in [0.4, 0.5) is 5.82 Å². The summed E-state index contributed by atoms with van der Waals surface area (Å²) in [6, 6.07) is 6.93. The molecular weight excluding hydrogens is 411 g/mol. The predicted octanol–water partition coefficient (Wildman–Crippen LogP) is -0.00336. The highest BCUT2D eigenvalue weighted by Gasteiger charge is 2.26. The minimum atomic E-state index is -0.639. The smallest absolute Gasteiger partial charge is 0.434 e. The SMILES string of the molecule is Cc1onc(-c2ccccc2Cl)c1C(=O)OCC[n+]1c([N+](=O)[O-])c[nH]c1C.[Cl-]. The van der Waals surface area contributed by atoms with Crippen LogP contribution in [-0.4, -0.2) is 27.6 Å². The van der Waals surface area contributed by atoms with Crippen molar-refractivity contribution in [2.24, 2.45) is 0 Å². The number of carbonyl (C=O) groups excluding carboxylic acids is 1. The number of H-pyrrole nitrogens is 1. The van der Waals surface area contributed by atoms with Crippen LogP contribution >= 0.6 is 11.6 Å². The van der Waals surface area contributed by atoms with Gasteiger partial charge in [0.1, 0.15) is 23.6 Å². The van der Waals surface area contributed by atoms with E-state index >= 15 is 0 Å². The number of nitrogens with one attached hydrogen (secondary N) is 1. The normalized spacial score (nSPS) is 10.4. The van der Waals surface area contributed by atoms with Gasteiger partial charge < -0.3 is 31.8 Å². The number of halogens is 2. The maximum Gasteiger partial charge on any atom is 0.434 e. The molecule has 0 atom stereocenters. The third-order valence-corrected chi connectivity index (χ3v) is 4.35. The largest absolute Gasteiger partial charge is 1.00 e. The molecule has 0 fully saturated rings. The van der Waals surface area contributed by atoms with Crippen LogP contribution in [0.5, 0.6) is 0 Å². The number of aryl methyl sites for hydroxylation is 2. The monoisotopic (exact) mass is 426 g/mol. The van der Waals surface area contributed by atoms with Crippen LogP contribution in [0.2, 0.25) is 5.02 Å². The molecule has 2 aromatic heterocycles. The van der Waals surface area contributed by atoms with E-state index in [0.717, 1.165) is 0 Å². The summed E-state index contributed by atoms with van der Waals surface area (Å²) in [5, 5.41) is 15.4. The van der Waals surface area contributed by atoms with E-state index in [0.29, 0.717) is 27.9 Å². The molecule has 2 heterocycles. The number of hydrogen-bond donors (Lipinski definition) is 1. The molecule has 0 saturated carbocycles. The molecule has 0 amide bonds. The maximum atomic E-state index is 12.5. The first-order valence-electron chi connectivity index (χ1n) is 8.00. The summed E-state index contributed by atoms with van der Waals surface area (Å²) in [5.74, 6) is 0.128. The molecule has 0 unspecified atom stereocenters. The molecular formula is C17H16Cl2N4O5. The first-order valence-corrected chi connectivity index (χ1v) is 8.38. The fourth-order valence-corrected chi connectivity index (χ4v) is 2.91. The Morgan fingerprint density at radius 3 is 2.79 bits per heavy atom. The summed E-state index contributed by atoms with van der Waals surface area (Å²) in [7, 11) is 0. The lowest BCUT2D eigenvalue weighted by atomic mass is 10.1. The van der Waals surface area contributed by atoms with Crippen molar-refractivity contribution in [2.75, 3.05) is 6.61 Å². The molecule has 3 aromatic rings. The lowest BCUT2D eigenvalue weighted by Crippen LogP contribution is -3.00. The lowest BCUT2D eigenvalue weighted by molar-refractivity contribution is -0.739. The molecule has 11 heteroatoms. The van der Waals surface area contributed by atoms with Gasteiger partial charge in [-0.1, -0.05) is 35.0 Å². The fraction of sp³-hybridized carbons (Fsp3) is 0.235. The van der Waals surface area contributed by atoms with Gasteiger partial charge in [-0.15, -0.1) is 4.57 Å². The number of aromatic nitrogens is 3. The molecule has 0 aliphatic carbocycles. The number of carbonyl (C=O) groups is 1. The van der Waals surface area contributed by atoms with Crippen molar-refractivity contribution in [1.82, 2.24) is 10.1 Å². The van der Waals surface area contributed by atoms with Crippen LogP contribution in [-0.2, 0) is 11.3 Å². The van der Waals surface area contributed by atoms with Gasteiger partial charge in [0, 0.05) is 10.5 Å². The number of hydrogen-bond acceptors (Lipinski definition) is 6. The average molecular weight is 427 g/mol. The van der Waals surface area contributed by atoms with Crippen molar-refractivity contribution in [2.45, 2.75) is 20.4 Å². The summed E-state index contributed by atoms with van der Waals surface area (Å²) in [6.45, 7) is 3.35. The number of esters is 1. The molecule has 0 aliphatic rings. The standard InChI is InChI=1S/C17H15ClN4O5.ClH/c1-10-15(16(20-27-10)12-5-3-4-6-13(12)18)17(23)26-8-7-21-11(2)19-9-14(21)22(24)25;/h3-6,9H,7-8H2,1-2H3;1H. The number of aromatic amines is 1. The van der Waals surface area contributed by atoms with E-state index in [1.54, 1.807) is 38.1 Å². The molecule has 0 saturated heterocycles. The van der Waals surface area contributed by atoms with E-state index in [4.69, 9.17) is 20.9 Å². The molecule has 0 bridgehead atoms. The number of benzene rings is 1. The highest BCUT2D eigenvalue weighted by molar-refractivity contribution is 6.33. The van der Waals surface area contributed by atoms with E-state index in [2.05, 4.69) is 10.1 Å². The van der Waals surface area contributed by atoms with Crippen LogP contribution in [0.1, 0.15) is 21.9 Å². The molecule has 0 aliphatic heterocycles. The van der Waals surface area contributed by atoms with Crippen molar-refractivity contribution < 1.29 is 36.0 Å². The molecule has 1 aromatic carbocycles. The second kappa shape index (κ2) is 8.85. The van der Waals surface area contributed by atoms with Crippen molar-refractivity contribution in [3.63, 3.8) is 0 Å². The van der Waals surface area contributed by atoms with E-state index in [9.17, 15) is 14.9 Å². The zero-order valence-corrected chi connectivity index (χ0v) is 16.5. The summed E-state index contributed by atoms with van der Waals surface area (Å²) in [5.41, 5.74) is 1.02. The first-order chi connectivity index (χ1) is 12.9. The van der Waals surface area contributed by atoms with Gasteiger partial charge in [0.05, 0.1) is 11.9 Å². The number of rotatable bonds is 6. The molecule has 3 rings (SSSR count). The van der Waals surface area contributed by atoms with Crippen LogP contribution in [0.3, 0.4) is 0 Å². The Labute approximate surface area is 170 Å². The van der Waals surface area contributed by atoms with E-state index in [-0.39, 0.29) is 36.9 Å². The zero-order valence-electron chi connectivity index (χ0n) is 14.9. The van der Waals surface area contributed by atoms with Crippen molar-refractivity contribution in [1.29, 1.82) is 0 Å². The van der Waals surface area contributed by atoms with Gasteiger partial charge in [-0.25, -0.2) is 9.78 Å². The number of imidazole rings is 1. The minimum Gasteiger partial charge on any atom is -1.00 e. The van der Waals surface area contributed by atoms with Gasteiger partial charge in [0.2, 0.25) is 6.20 Å². The molecule has 0 spiro atoms. The Balaban J connectivity index is 0.00000280.